The summed E-state index contributed by atoms with van der Waals surface area (Å²) in [5, 5.41) is 12.1. The molecular formula is C13H9F4N3. The molecule has 1 aromatic carbocycles. The Morgan fingerprint density at radius 3 is 2.60 bits per heavy atom. The first-order valence-corrected chi connectivity index (χ1v) is 5.64. The summed E-state index contributed by atoms with van der Waals surface area (Å²) in [6, 6.07) is 6.00. The number of rotatable bonds is 3. The number of hydrogen-bond acceptors (Lipinski definition) is 2. The van der Waals surface area contributed by atoms with Gasteiger partial charge >= 0.3 is 6.18 Å². The highest BCUT2D eigenvalue weighted by Crippen LogP contribution is 2.23. The van der Waals surface area contributed by atoms with Crippen LogP contribution in [0.3, 0.4) is 0 Å². The molecule has 0 aliphatic carbocycles. The van der Waals surface area contributed by atoms with Gasteiger partial charge in [-0.25, -0.2) is 4.39 Å². The molecule has 2 rings (SSSR count). The summed E-state index contributed by atoms with van der Waals surface area (Å²) in [5.41, 5.74) is 1.05. The molecule has 0 atom stereocenters. The Bertz CT molecular complexity index is 652. The van der Waals surface area contributed by atoms with Crippen LogP contribution in [-0.4, -0.2) is 16.0 Å². The minimum absolute atomic E-state index is 0.0561. The second-order valence-corrected chi connectivity index (χ2v) is 4.18. The van der Waals surface area contributed by atoms with Crippen LogP contribution in [0.15, 0.2) is 30.6 Å². The first-order valence-electron chi connectivity index (χ1n) is 5.64. The van der Waals surface area contributed by atoms with E-state index in [9.17, 15) is 17.6 Å². The van der Waals surface area contributed by atoms with E-state index in [-0.39, 0.29) is 12.0 Å². The van der Waals surface area contributed by atoms with Gasteiger partial charge < -0.3 is 0 Å². The van der Waals surface area contributed by atoms with Crippen molar-refractivity contribution in [3.05, 3.63) is 42.0 Å². The molecule has 1 aromatic heterocycles. The van der Waals surface area contributed by atoms with Crippen LogP contribution >= 0.6 is 0 Å². The van der Waals surface area contributed by atoms with Gasteiger partial charge in [0, 0.05) is 17.3 Å². The molecule has 0 aliphatic heterocycles. The highest BCUT2D eigenvalue weighted by Gasteiger charge is 2.28. The zero-order chi connectivity index (χ0) is 14.8. The van der Waals surface area contributed by atoms with Gasteiger partial charge in [-0.15, -0.1) is 0 Å². The molecule has 104 valence electrons. The molecule has 7 heteroatoms. The number of benzene rings is 1. The molecule has 0 saturated carbocycles. The molecule has 20 heavy (non-hydrogen) atoms. The third-order valence-electron chi connectivity index (χ3n) is 2.63. The van der Waals surface area contributed by atoms with Crippen LogP contribution in [0.25, 0.3) is 11.1 Å². The Morgan fingerprint density at radius 1 is 1.25 bits per heavy atom. The van der Waals surface area contributed by atoms with Crippen LogP contribution in [0.4, 0.5) is 17.6 Å². The quantitative estimate of drug-likeness (QED) is 0.811. The Balaban J connectivity index is 2.25. The largest absolute Gasteiger partial charge is 0.408 e. The van der Waals surface area contributed by atoms with Crippen molar-refractivity contribution < 1.29 is 17.6 Å². The molecule has 0 spiro atoms. The van der Waals surface area contributed by atoms with Gasteiger partial charge in [0.2, 0.25) is 0 Å². The highest BCUT2D eigenvalue weighted by molar-refractivity contribution is 5.62. The molecule has 0 N–H and O–H groups in total. The molecule has 0 aliphatic rings. The van der Waals surface area contributed by atoms with E-state index >= 15 is 0 Å². The average Bonchev–Trinajstić information content (AvgIpc) is 2.78. The fourth-order valence-electron chi connectivity index (χ4n) is 1.74. The summed E-state index contributed by atoms with van der Waals surface area (Å²) in [6.07, 6.45) is -1.97. The van der Waals surface area contributed by atoms with Crippen molar-refractivity contribution in [3.63, 3.8) is 0 Å². The van der Waals surface area contributed by atoms with Gasteiger partial charge in [-0.3, -0.25) is 4.68 Å². The van der Waals surface area contributed by atoms with Gasteiger partial charge in [0.1, 0.15) is 12.4 Å². The second-order valence-electron chi connectivity index (χ2n) is 4.18. The first-order chi connectivity index (χ1) is 9.39. The predicted molar refractivity (Wildman–Crippen MR) is 63.0 cm³/mol. The summed E-state index contributed by atoms with van der Waals surface area (Å²) >= 11 is 0. The molecule has 0 amide bonds. The van der Waals surface area contributed by atoms with Crippen molar-refractivity contribution in [3.8, 4) is 17.2 Å². The molecule has 0 unspecified atom stereocenters. The van der Waals surface area contributed by atoms with Crippen LogP contribution in [0.2, 0.25) is 0 Å². The fourth-order valence-corrected chi connectivity index (χ4v) is 1.74. The summed E-state index contributed by atoms with van der Waals surface area (Å²) in [7, 11) is 0. The zero-order valence-electron chi connectivity index (χ0n) is 10.2. The van der Waals surface area contributed by atoms with Crippen LogP contribution in [0.5, 0.6) is 0 Å². The number of aromatic nitrogens is 2. The maximum absolute atomic E-state index is 13.6. The van der Waals surface area contributed by atoms with E-state index in [4.69, 9.17) is 5.26 Å². The highest BCUT2D eigenvalue weighted by atomic mass is 19.4. The van der Waals surface area contributed by atoms with Gasteiger partial charge in [-0.05, 0) is 11.6 Å². The minimum Gasteiger partial charge on any atom is -0.263 e. The van der Waals surface area contributed by atoms with Crippen LogP contribution in [0, 0.1) is 17.1 Å². The van der Waals surface area contributed by atoms with Gasteiger partial charge in [-0.2, -0.15) is 23.5 Å². The van der Waals surface area contributed by atoms with E-state index < -0.39 is 18.5 Å². The van der Waals surface area contributed by atoms with Crippen molar-refractivity contribution in [2.75, 3.05) is 0 Å². The van der Waals surface area contributed by atoms with Gasteiger partial charge in [-0.1, -0.05) is 12.1 Å². The fraction of sp³-hybridized carbons (Fsp3) is 0.231. The molecule has 0 bridgehead atoms. The first kappa shape index (κ1) is 14.1. The van der Waals surface area contributed by atoms with Crippen molar-refractivity contribution in [2.45, 2.75) is 19.1 Å². The number of nitriles is 1. The molecule has 3 nitrogen and oxygen atoms in total. The molecular weight excluding hydrogens is 274 g/mol. The lowest BCUT2D eigenvalue weighted by Gasteiger charge is -2.05. The van der Waals surface area contributed by atoms with E-state index in [1.807, 2.05) is 6.07 Å². The normalized spacial score (nSPS) is 11.3. The van der Waals surface area contributed by atoms with Gasteiger partial charge in [0.15, 0.2) is 0 Å². The smallest absolute Gasteiger partial charge is 0.263 e. The number of halogens is 4. The number of nitrogens with zero attached hydrogens (tertiary/aromatic N) is 3. The molecule has 0 saturated heterocycles. The van der Waals surface area contributed by atoms with Gasteiger partial charge in [0.05, 0.1) is 18.7 Å². The Hall–Kier alpha value is -2.36. The van der Waals surface area contributed by atoms with Crippen molar-refractivity contribution >= 4 is 0 Å². The third kappa shape index (κ3) is 3.35. The summed E-state index contributed by atoms with van der Waals surface area (Å²) < 4.78 is 51.0. The monoisotopic (exact) mass is 283 g/mol. The van der Waals surface area contributed by atoms with Crippen molar-refractivity contribution in [2.24, 2.45) is 0 Å². The average molecular weight is 283 g/mol. The van der Waals surface area contributed by atoms with E-state index in [2.05, 4.69) is 5.10 Å². The summed E-state index contributed by atoms with van der Waals surface area (Å²) in [6.45, 7) is -1.19. The van der Waals surface area contributed by atoms with E-state index in [1.54, 1.807) is 6.07 Å². The van der Waals surface area contributed by atoms with Crippen molar-refractivity contribution in [1.29, 1.82) is 5.26 Å². The maximum atomic E-state index is 13.6. The van der Waals surface area contributed by atoms with Crippen LogP contribution in [0.1, 0.15) is 5.56 Å². The lowest BCUT2D eigenvalue weighted by molar-refractivity contribution is -0.142. The van der Waals surface area contributed by atoms with Crippen LogP contribution < -0.4 is 0 Å². The zero-order valence-corrected chi connectivity index (χ0v) is 10.2. The molecule has 1 heterocycles. The van der Waals surface area contributed by atoms with E-state index in [0.717, 1.165) is 4.68 Å². The molecule has 2 aromatic rings. The summed E-state index contributed by atoms with van der Waals surface area (Å²) in [4.78, 5) is 0. The lowest BCUT2D eigenvalue weighted by atomic mass is 10.1. The maximum Gasteiger partial charge on any atom is 0.408 e. The molecule has 0 fully saturated rings. The predicted octanol–water partition coefficient (Wildman–Crippen LogP) is 3.32. The topological polar surface area (TPSA) is 41.6 Å². The van der Waals surface area contributed by atoms with E-state index in [0.29, 0.717) is 11.1 Å². The third-order valence-corrected chi connectivity index (χ3v) is 2.63. The second kappa shape index (κ2) is 5.33. The summed E-state index contributed by atoms with van der Waals surface area (Å²) in [5.74, 6) is -0.562. The Labute approximate surface area is 112 Å². The standard InChI is InChI=1S/C13H9F4N3/c14-12-5-10(2-1-9(12)3-4-18)11-6-19-20(7-11)8-13(15,16)17/h1-2,5-7H,3,8H2. The molecule has 0 radical (unpaired) electrons. The van der Waals surface area contributed by atoms with Gasteiger partial charge in [0.25, 0.3) is 0 Å². The number of alkyl halides is 3. The SMILES string of the molecule is N#CCc1ccc(-c2cnn(CC(F)(F)F)c2)cc1F. The lowest BCUT2D eigenvalue weighted by Crippen LogP contribution is -2.17. The minimum atomic E-state index is -4.36. The van der Waals surface area contributed by atoms with Crippen molar-refractivity contribution in [1.82, 2.24) is 9.78 Å². The van der Waals surface area contributed by atoms with Crippen LogP contribution in [-0.2, 0) is 13.0 Å². The Morgan fingerprint density at radius 2 is 2.00 bits per heavy atom. The Kier molecular flexibility index (Phi) is 3.74. The van der Waals surface area contributed by atoms with E-state index in [1.165, 1.54) is 24.5 Å². The number of hydrogen-bond donors (Lipinski definition) is 0.